The molecular weight excluding hydrogens is 471 g/mol. The Morgan fingerprint density at radius 1 is 0.848 bits per heavy atom. The first-order chi connectivity index (χ1) is 14.8. The number of aliphatic hydroxyl groups excluding tert-OH is 3. The number of benzene rings is 2. The van der Waals surface area contributed by atoms with Gasteiger partial charge in [0.15, 0.2) is 0 Å². The van der Waals surface area contributed by atoms with Crippen LogP contribution in [0.3, 0.4) is 0 Å². The average molecular weight is 499 g/mol. The van der Waals surface area contributed by atoms with Crippen molar-refractivity contribution in [1.82, 2.24) is 5.32 Å². The van der Waals surface area contributed by atoms with E-state index >= 15 is 0 Å². The molecule has 0 aromatic heterocycles. The molecule has 172 valence electrons. The molecule has 0 atom stereocenters. The summed E-state index contributed by atoms with van der Waals surface area (Å²) in [6.07, 6.45) is -0.228. The van der Waals surface area contributed by atoms with Gasteiger partial charge in [-0.1, -0.05) is 31.9 Å². The Balaban J connectivity index is 0.00000512. The van der Waals surface area contributed by atoms with Gasteiger partial charge in [0, 0.05) is 6.54 Å². The molecule has 9 nitrogen and oxygen atoms in total. The van der Waals surface area contributed by atoms with Crippen LogP contribution in [-0.2, 0) is 22.3 Å². The maximum absolute atomic E-state index is 10.7. The molecule has 33 heavy (non-hydrogen) atoms. The molecule has 0 aliphatic heterocycles. The van der Waals surface area contributed by atoms with Gasteiger partial charge in [0.1, 0.15) is 11.5 Å². The van der Waals surface area contributed by atoms with Crippen molar-refractivity contribution in [3.63, 3.8) is 0 Å². The molecule has 2 aromatic rings. The molecule has 0 bridgehead atoms. The summed E-state index contributed by atoms with van der Waals surface area (Å²) in [5.74, 6) is 1.21. The molecule has 2 aromatic carbocycles. The Morgan fingerprint density at radius 3 is 1.79 bits per heavy atom. The summed E-state index contributed by atoms with van der Waals surface area (Å²) in [6, 6.07) is 14.2. The molecule has 0 aliphatic rings. The first kappa shape index (κ1) is 33.2. The van der Waals surface area contributed by atoms with Crippen molar-refractivity contribution in [2.45, 2.75) is 18.6 Å². The Bertz CT molecular complexity index is 821. The molecule has 0 saturated carbocycles. The fourth-order valence-corrected chi connectivity index (χ4v) is 3.21. The Hall–Kier alpha value is 0.190. The normalized spacial score (nSPS) is 11.4. The summed E-state index contributed by atoms with van der Waals surface area (Å²) in [7, 11) is -4.50. The van der Waals surface area contributed by atoms with Crippen LogP contribution in [0.15, 0.2) is 48.5 Å². The predicted octanol–water partition coefficient (Wildman–Crippen LogP) is -6.23. The van der Waals surface area contributed by atoms with Gasteiger partial charge >= 0.3 is 59.1 Å². The SMILES string of the molecule is O=P([O-])([O-])CCc1ccc(Oc2ccc(COCCNC(CO)(CO)CO)cc2)cc1.[Na+].[Na+]. The smallest absolute Gasteiger partial charge is 0.811 e. The van der Waals surface area contributed by atoms with E-state index in [4.69, 9.17) is 9.47 Å². The van der Waals surface area contributed by atoms with Crippen molar-refractivity contribution < 1.29 is 98.3 Å². The second kappa shape index (κ2) is 16.8. The number of hydrogen-bond acceptors (Lipinski definition) is 9. The van der Waals surface area contributed by atoms with Crippen LogP contribution in [-0.4, -0.2) is 60.0 Å². The maximum atomic E-state index is 10.7. The molecule has 2 rings (SSSR count). The number of ether oxygens (including phenoxy) is 2. The monoisotopic (exact) mass is 499 g/mol. The second-order valence-electron chi connectivity index (χ2n) is 7.21. The van der Waals surface area contributed by atoms with Crippen LogP contribution in [0.4, 0.5) is 0 Å². The molecule has 0 spiro atoms. The Labute approximate surface area is 238 Å². The number of aliphatic hydroxyl groups is 3. The molecule has 0 saturated heterocycles. The third-order valence-corrected chi connectivity index (χ3v) is 5.45. The minimum atomic E-state index is -4.50. The van der Waals surface area contributed by atoms with Crippen molar-refractivity contribution in [2.24, 2.45) is 0 Å². The van der Waals surface area contributed by atoms with Crippen molar-refractivity contribution >= 4 is 7.60 Å². The molecule has 0 radical (unpaired) electrons. The van der Waals surface area contributed by atoms with E-state index < -0.39 is 19.3 Å². The summed E-state index contributed by atoms with van der Waals surface area (Å²) < 4.78 is 22.0. The fraction of sp³-hybridized carbons (Fsp3) is 0.429. The van der Waals surface area contributed by atoms with Crippen molar-refractivity contribution in [3.05, 3.63) is 59.7 Å². The largest absolute Gasteiger partial charge is 1.00 e. The molecule has 0 fully saturated rings. The van der Waals surface area contributed by atoms with Gasteiger partial charge in [-0.3, -0.25) is 0 Å². The van der Waals surface area contributed by atoms with Gasteiger partial charge in [-0.2, -0.15) is 0 Å². The van der Waals surface area contributed by atoms with Crippen LogP contribution >= 0.6 is 7.60 Å². The number of hydrogen-bond donors (Lipinski definition) is 4. The van der Waals surface area contributed by atoms with Crippen molar-refractivity contribution in [3.8, 4) is 11.5 Å². The predicted molar refractivity (Wildman–Crippen MR) is 111 cm³/mol. The zero-order valence-corrected chi connectivity index (χ0v) is 24.0. The third kappa shape index (κ3) is 12.6. The summed E-state index contributed by atoms with van der Waals surface area (Å²) in [5.41, 5.74) is 0.560. The fourth-order valence-electron chi connectivity index (χ4n) is 2.68. The summed E-state index contributed by atoms with van der Waals surface area (Å²) >= 11 is 0. The van der Waals surface area contributed by atoms with Crippen LogP contribution in [0.5, 0.6) is 11.5 Å². The Kier molecular flexibility index (Phi) is 16.9. The molecule has 4 N–H and O–H groups in total. The number of rotatable bonds is 14. The van der Waals surface area contributed by atoms with Crippen LogP contribution in [0.25, 0.3) is 0 Å². The number of aryl methyl sites for hydroxylation is 1. The quantitative estimate of drug-likeness (QED) is 0.113. The van der Waals surface area contributed by atoms with Gasteiger partial charge < -0.3 is 44.5 Å². The van der Waals surface area contributed by atoms with Gasteiger partial charge in [-0.05, 0) is 48.0 Å². The zero-order chi connectivity index (χ0) is 22.7. The van der Waals surface area contributed by atoms with Gasteiger partial charge in [0.25, 0.3) is 0 Å². The minimum absolute atomic E-state index is 0. The average Bonchev–Trinajstić information content (AvgIpc) is 2.77. The van der Waals surface area contributed by atoms with E-state index in [9.17, 15) is 29.7 Å². The van der Waals surface area contributed by atoms with Crippen molar-refractivity contribution in [2.75, 3.05) is 39.1 Å². The summed E-state index contributed by atoms with van der Waals surface area (Å²) in [6.45, 7) is -0.0868. The summed E-state index contributed by atoms with van der Waals surface area (Å²) in [5, 5.41) is 30.6. The van der Waals surface area contributed by atoms with Crippen LogP contribution in [0.1, 0.15) is 11.1 Å². The van der Waals surface area contributed by atoms with E-state index in [1.807, 2.05) is 12.1 Å². The molecule has 0 unspecified atom stereocenters. The van der Waals surface area contributed by atoms with Crippen LogP contribution < -0.4 is 79.0 Å². The van der Waals surface area contributed by atoms with Gasteiger partial charge in [0.05, 0.1) is 38.6 Å². The summed E-state index contributed by atoms with van der Waals surface area (Å²) in [4.78, 5) is 21.4. The second-order valence-corrected chi connectivity index (χ2v) is 8.88. The zero-order valence-electron chi connectivity index (χ0n) is 19.1. The van der Waals surface area contributed by atoms with Gasteiger partial charge in [0.2, 0.25) is 0 Å². The Morgan fingerprint density at radius 2 is 1.33 bits per heavy atom. The van der Waals surface area contributed by atoms with E-state index in [0.29, 0.717) is 31.3 Å². The first-order valence-electron chi connectivity index (χ1n) is 9.81. The van der Waals surface area contributed by atoms with Gasteiger partial charge in [-0.15, -0.1) is 0 Å². The molecular formula is C21H28NNa2O8P. The third-order valence-electron chi connectivity index (χ3n) is 4.68. The van der Waals surface area contributed by atoms with Crippen molar-refractivity contribution in [1.29, 1.82) is 0 Å². The molecule has 0 amide bonds. The van der Waals surface area contributed by atoms with Crippen LogP contribution in [0, 0.1) is 0 Å². The molecule has 0 heterocycles. The standard InChI is InChI=1S/C21H30NO8P.2Na/c23-14-21(15-24,16-25)22-10-11-29-13-18-3-7-20(8-4-18)30-19-5-1-17(2-6-19)9-12-31(26,27)28;;/h1-8,22-25H,9-16H2,(H2,26,27,28);;/q;2*+1/p-2. The van der Waals surface area contributed by atoms with E-state index in [1.165, 1.54) is 0 Å². The first-order valence-corrected chi connectivity index (χ1v) is 11.5. The van der Waals surface area contributed by atoms with E-state index in [-0.39, 0.29) is 85.4 Å². The molecule has 12 heteroatoms. The van der Waals surface area contributed by atoms with Gasteiger partial charge in [-0.25, -0.2) is 0 Å². The molecule has 0 aliphatic carbocycles. The minimum Gasteiger partial charge on any atom is -0.811 e. The topological polar surface area (TPSA) is 154 Å². The van der Waals surface area contributed by atoms with Crippen LogP contribution in [0.2, 0.25) is 0 Å². The van der Waals surface area contributed by atoms with E-state index in [1.54, 1.807) is 36.4 Å². The maximum Gasteiger partial charge on any atom is 1.00 e. The number of nitrogens with one attached hydrogen (secondary N) is 1. The van der Waals surface area contributed by atoms with E-state index in [2.05, 4.69) is 5.32 Å². The van der Waals surface area contributed by atoms with E-state index in [0.717, 1.165) is 11.1 Å².